The molecule has 0 aliphatic heterocycles. The maximum Gasteiger partial charge on any atom is 0.230 e. The van der Waals surface area contributed by atoms with E-state index in [4.69, 9.17) is 4.98 Å². The third-order valence-corrected chi connectivity index (χ3v) is 6.93. The lowest BCUT2D eigenvalue weighted by molar-refractivity contribution is -0.119. The van der Waals surface area contributed by atoms with E-state index in [9.17, 15) is 10.1 Å². The number of aromatic nitrogens is 2. The zero-order valence-electron chi connectivity index (χ0n) is 16.9. The van der Waals surface area contributed by atoms with Crippen molar-refractivity contribution < 1.29 is 4.79 Å². The average Bonchev–Trinajstić information content (AvgIpc) is 3.12. The number of fused-ring (bicyclic) bond motifs is 3. The first-order valence-corrected chi connectivity index (χ1v) is 11.4. The Morgan fingerprint density at radius 2 is 2.14 bits per heavy atom. The van der Waals surface area contributed by atoms with E-state index in [1.807, 2.05) is 41.7 Å². The largest absolute Gasteiger partial charge is 0.352 e. The average molecular weight is 407 g/mol. The molecule has 0 bridgehead atoms. The van der Waals surface area contributed by atoms with Gasteiger partial charge in [0.15, 0.2) is 5.65 Å². The van der Waals surface area contributed by atoms with Gasteiger partial charge in [-0.3, -0.25) is 9.20 Å². The van der Waals surface area contributed by atoms with Gasteiger partial charge in [-0.15, -0.1) is 0 Å². The van der Waals surface area contributed by atoms with E-state index in [0.29, 0.717) is 22.9 Å². The number of pyridine rings is 1. The highest BCUT2D eigenvalue weighted by Crippen LogP contribution is 2.30. The van der Waals surface area contributed by atoms with Gasteiger partial charge in [0.05, 0.1) is 27.4 Å². The van der Waals surface area contributed by atoms with Crippen LogP contribution >= 0.6 is 11.8 Å². The number of nitrogens with one attached hydrogen (secondary N) is 1. The number of nitriles is 1. The minimum absolute atomic E-state index is 0.0775. The Balaban J connectivity index is 1.64. The molecule has 0 spiro atoms. The monoisotopic (exact) mass is 406 g/mol. The molecule has 0 saturated heterocycles. The molecule has 6 heteroatoms. The van der Waals surface area contributed by atoms with Gasteiger partial charge in [-0.2, -0.15) is 5.26 Å². The summed E-state index contributed by atoms with van der Waals surface area (Å²) >= 11 is 1.52. The van der Waals surface area contributed by atoms with Crippen molar-refractivity contribution in [3.8, 4) is 6.07 Å². The van der Waals surface area contributed by atoms with Gasteiger partial charge < -0.3 is 5.32 Å². The lowest BCUT2D eigenvalue weighted by Gasteiger charge is -2.29. The van der Waals surface area contributed by atoms with Crippen LogP contribution in [0.25, 0.3) is 16.7 Å². The molecule has 1 N–H and O–H groups in total. The zero-order chi connectivity index (χ0) is 20.4. The fourth-order valence-electron chi connectivity index (χ4n) is 4.27. The molecule has 150 valence electrons. The highest BCUT2D eigenvalue weighted by molar-refractivity contribution is 7.99. The summed E-state index contributed by atoms with van der Waals surface area (Å²) in [5.41, 5.74) is 4.09. The van der Waals surface area contributed by atoms with E-state index in [2.05, 4.69) is 18.3 Å². The highest BCUT2D eigenvalue weighted by atomic mass is 32.2. The number of benzene rings is 1. The number of thioether (sulfide) groups is 1. The van der Waals surface area contributed by atoms with Crippen LogP contribution in [0.4, 0.5) is 0 Å². The van der Waals surface area contributed by atoms with Crippen LogP contribution in [0.2, 0.25) is 0 Å². The molecule has 5 nitrogen and oxygen atoms in total. The van der Waals surface area contributed by atoms with Gasteiger partial charge in [-0.1, -0.05) is 50.6 Å². The van der Waals surface area contributed by atoms with Crippen LogP contribution in [-0.4, -0.2) is 27.1 Å². The second-order valence-corrected chi connectivity index (χ2v) is 8.83. The number of carbonyl (C=O) groups is 1. The summed E-state index contributed by atoms with van der Waals surface area (Å²) < 4.78 is 2.02. The van der Waals surface area contributed by atoms with E-state index < -0.39 is 0 Å². The van der Waals surface area contributed by atoms with Crippen molar-refractivity contribution >= 4 is 34.3 Å². The van der Waals surface area contributed by atoms with Crippen molar-refractivity contribution in [1.29, 1.82) is 5.26 Å². The van der Waals surface area contributed by atoms with Gasteiger partial charge in [0.25, 0.3) is 0 Å². The first kappa shape index (κ1) is 19.8. The molecule has 29 heavy (non-hydrogen) atoms. The standard InChI is InChI=1S/C23H26N4OS/c1-3-16-12-22(29-14-21(28)25-18-9-5-4-8-15(18)2)27-20-11-7-6-10-19(20)26-23(27)17(16)13-24/h6-7,10-12,15,18H,3-5,8-9,14H2,1-2H3,(H,25,28)/t15-,18+/m0/s1. The zero-order valence-corrected chi connectivity index (χ0v) is 17.8. The predicted molar refractivity (Wildman–Crippen MR) is 117 cm³/mol. The van der Waals surface area contributed by atoms with Gasteiger partial charge in [0, 0.05) is 6.04 Å². The number of hydrogen-bond donors (Lipinski definition) is 1. The van der Waals surface area contributed by atoms with Crippen molar-refractivity contribution in [2.75, 3.05) is 5.75 Å². The summed E-state index contributed by atoms with van der Waals surface area (Å²) in [6.45, 7) is 4.27. The number of aryl methyl sites for hydroxylation is 1. The second kappa shape index (κ2) is 8.46. The highest BCUT2D eigenvalue weighted by Gasteiger charge is 2.23. The molecule has 1 amide bonds. The van der Waals surface area contributed by atoms with Crippen LogP contribution in [0, 0.1) is 17.2 Å². The summed E-state index contributed by atoms with van der Waals surface area (Å²) in [6, 6.07) is 12.6. The van der Waals surface area contributed by atoms with E-state index in [-0.39, 0.29) is 11.9 Å². The van der Waals surface area contributed by atoms with Crippen molar-refractivity contribution in [2.24, 2.45) is 5.92 Å². The third-order valence-electron chi connectivity index (χ3n) is 5.93. The molecular weight excluding hydrogens is 380 g/mol. The Morgan fingerprint density at radius 3 is 2.90 bits per heavy atom. The molecule has 4 rings (SSSR count). The lowest BCUT2D eigenvalue weighted by atomic mass is 9.86. The maximum atomic E-state index is 12.6. The van der Waals surface area contributed by atoms with Crippen molar-refractivity contribution in [3.63, 3.8) is 0 Å². The maximum absolute atomic E-state index is 12.6. The van der Waals surface area contributed by atoms with Crippen LogP contribution in [0.1, 0.15) is 50.7 Å². The molecule has 0 radical (unpaired) electrons. The van der Waals surface area contributed by atoms with Crippen LogP contribution in [0.5, 0.6) is 0 Å². The van der Waals surface area contributed by atoms with Crippen LogP contribution < -0.4 is 5.32 Å². The Hall–Kier alpha value is -2.52. The van der Waals surface area contributed by atoms with Gasteiger partial charge in [-0.05, 0) is 48.9 Å². The molecule has 1 fully saturated rings. The number of rotatable bonds is 5. The fraction of sp³-hybridized carbons (Fsp3) is 0.435. The Kier molecular flexibility index (Phi) is 5.77. The number of para-hydroxylation sites is 2. The number of hydrogen-bond acceptors (Lipinski definition) is 4. The molecule has 1 aromatic carbocycles. The van der Waals surface area contributed by atoms with Crippen molar-refractivity contribution in [1.82, 2.24) is 14.7 Å². The Bertz CT molecular complexity index is 1100. The molecule has 2 aromatic heterocycles. The number of imidazole rings is 1. The van der Waals surface area contributed by atoms with E-state index in [1.165, 1.54) is 31.0 Å². The quantitative estimate of drug-likeness (QED) is 0.623. The molecule has 2 atom stereocenters. The van der Waals surface area contributed by atoms with Gasteiger partial charge in [-0.25, -0.2) is 4.98 Å². The Morgan fingerprint density at radius 1 is 1.34 bits per heavy atom. The molecule has 1 saturated carbocycles. The second-order valence-electron chi connectivity index (χ2n) is 7.83. The summed E-state index contributed by atoms with van der Waals surface area (Å²) in [4.78, 5) is 17.3. The smallest absolute Gasteiger partial charge is 0.230 e. The molecule has 1 aliphatic rings. The van der Waals surface area contributed by atoms with Gasteiger partial charge in [0.1, 0.15) is 6.07 Å². The van der Waals surface area contributed by atoms with E-state index in [0.717, 1.165) is 34.5 Å². The van der Waals surface area contributed by atoms with Crippen molar-refractivity contribution in [2.45, 2.75) is 57.0 Å². The summed E-state index contributed by atoms with van der Waals surface area (Å²) in [5, 5.41) is 13.9. The van der Waals surface area contributed by atoms with Crippen LogP contribution in [0.15, 0.2) is 35.4 Å². The molecular formula is C23H26N4OS. The van der Waals surface area contributed by atoms with Crippen LogP contribution in [0.3, 0.4) is 0 Å². The first-order valence-electron chi connectivity index (χ1n) is 10.4. The number of carbonyl (C=O) groups excluding carboxylic acids is 1. The normalized spacial score (nSPS) is 19.3. The first-order chi connectivity index (χ1) is 14.1. The van der Waals surface area contributed by atoms with E-state index in [1.54, 1.807) is 0 Å². The summed E-state index contributed by atoms with van der Waals surface area (Å²) in [5.74, 6) is 0.984. The van der Waals surface area contributed by atoms with Gasteiger partial charge in [0.2, 0.25) is 5.91 Å². The number of amides is 1. The minimum Gasteiger partial charge on any atom is -0.352 e. The number of nitrogens with zero attached hydrogens (tertiary/aromatic N) is 3. The SMILES string of the molecule is CCc1cc(SCC(=O)N[C@@H]2CCCC[C@@H]2C)n2c(nc3ccccc32)c1C#N. The summed E-state index contributed by atoms with van der Waals surface area (Å²) in [7, 11) is 0. The molecule has 0 unspecified atom stereocenters. The molecule has 2 heterocycles. The molecule has 1 aliphatic carbocycles. The third kappa shape index (κ3) is 3.84. The van der Waals surface area contributed by atoms with E-state index >= 15 is 0 Å². The summed E-state index contributed by atoms with van der Waals surface area (Å²) in [6.07, 6.45) is 5.47. The Labute approximate surface area is 175 Å². The fourth-order valence-corrected chi connectivity index (χ4v) is 5.17. The predicted octanol–water partition coefficient (Wildman–Crippen LogP) is 4.71. The van der Waals surface area contributed by atoms with Crippen LogP contribution in [-0.2, 0) is 11.2 Å². The molecule has 3 aromatic rings. The van der Waals surface area contributed by atoms with Gasteiger partial charge >= 0.3 is 0 Å². The lowest BCUT2D eigenvalue weighted by Crippen LogP contribution is -2.41. The topological polar surface area (TPSA) is 70.2 Å². The van der Waals surface area contributed by atoms with Crippen molar-refractivity contribution in [3.05, 3.63) is 41.5 Å². The minimum atomic E-state index is 0.0775.